The molecule has 0 saturated carbocycles. The van der Waals surface area contributed by atoms with Crippen LogP contribution in [0.25, 0.3) is 0 Å². The van der Waals surface area contributed by atoms with Crippen LogP contribution in [-0.4, -0.2) is 26.9 Å². The number of fused-ring (bicyclic) bond motifs is 1. The van der Waals surface area contributed by atoms with E-state index >= 15 is 0 Å². The second-order valence-electron chi connectivity index (χ2n) is 5.43. The van der Waals surface area contributed by atoms with Crippen molar-refractivity contribution in [1.29, 1.82) is 0 Å². The summed E-state index contributed by atoms with van der Waals surface area (Å²) in [6.45, 7) is 2.99. The van der Waals surface area contributed by atoms with Gasteiger partial charge in [0.2, 0.25) is 11.6 Å². The Balaban J connectivity index is 2.18. The lowest BCUT2D eigenvalue weighted by molar-refractivity contribution is -0.122. The Hall–Kier alpha value is -3.02. The zero-order valence-electron chi connectivity index (χ0n) is 12.5. The molecule has 0 aromatic heterocycles. The predicted molar refractivity (Wildman–Crippen MR) is 80.1 cm³/mol. The number of Topliss-reactive ketones (excluding diaryl/α,β-unsaturated/α-hetero) is 2. The lowest BCUT2D eigenvalue weighted by atomic mass is 9.91. The molecule has 0 aliphatic carbocycles. The van der Waals surface area contributed by atoms with Gasteiger partial charge in [0.15, 0.2) is 6.10 Å². The van der Waals surface area contributed by atoms with E-state index in [2.05, 4.69) is 0 Å². The van der Waals surface area contributed by atoms with Gasteiger partial charge in [0.1, 0.15) is 28.6 Å². The van der Waals surface area contributed by atoms with Gasteiger partial charge < -0.3 is 20.1 Å². The average Bonchev–Trinajstić information content (AvgIpc) is 2.54. The van der Waals surface area contributed by atoms with Crippen LogP contribution in [0.1, 0.15) is 33.2 Å². The molecule has 0 saturated heterocycles. The molecule has 6 nitrogen and oxygen atoms in total. The molecule has 1 unspecified atom stereocenters. The van der Waals surface area contributed by atoms with Crippen LogP contribution in [-0.2, 0) is 4.79 Å². The molecule has 0 spiro atoms. The molecule has 6 heteroatoms. The quantitative estimate of drug-likeness (QED) is 0.698. The number of rotatable bonds is 1. The summed E-state index contributed by atoms with van der Waals surface area (Å²) >= 11 is 0. The first-order chi connectivity index (χ1) is 10.8. The fourth-order valence-electron chi connectivity index (χ4n) is 2.62. The highest BCUT2D eigenvalue weighted by molar-refractivity contribution is 6.47. The van der Waals surface area contributed by atoms with Gasteiger partial charge in [0, 0.05) is 16.7 Å². The number of hydrogen-bond acceptors (Lipinski definition) is 6. The highest BCUT2D eigenvalue weighted by Gasteiger charge is 2.40. The summed E-state index contributed by atoms with van der Waals surface area (Å²) in [6, 6.07) is 5.70. The van der Waals surface area contributed by atoms with Crippen LogP contribution < -0.4 is 4.74 Å². The maximum Gasteiger partial charge on any atom is 0.248 e. The zero-order valence-corrected chi connectivity index (χ0v) is 12.5. The molecule has 3 N–H and O–H groups in total. The van der Waals surface area contributed by atoms with E-state index in [1.807, 2.05) is 0 Å². The van der Waals surface area contributed by atoms with Crippen LogP contribution >= 0.6 is 0 Å². The van der Waals surface area contributed by atoms with Gasteiger partial charge in [-0.1, -0.05) is 12.1 Å². The zero-order chi connectivity index (χ0) is 16.9. The number of hydrogen-bond donors (Lipinski definition) is 3. The van der Waals surface area contributed by atoms with E-state index < -0.39 is 23.4 Å². The number of carbonyl (C=O) groups is 2. The number of ketones is 2. The van der Waals surface area contributed by atoms with Gasteiger partial charge in [-0.15, -0.1) is 0 Å². The molecule has 2 aromatic carbocycles. The monoisotopic (exact) mass is 314 g/mol. The van der Waals surface area contributed by atoms with E-state index in [0.29, 0.717) is 5.56 Å². The molecular weight excluding hydrogens is 300 g/mol. The van der Waals surface area contributed by atoms with Crippen LogP contribution in [0.5, 0.6) is 23.0 Å². The molecule has 0 bridgehead atoms. The number of aromatic hydroxyl groups is 3. The summed E-state index contributed by atoms with van der Waals surface area (Å²) in [7, 11) is 0. The van der Waals surface area contributed by atoms with E-state index in [1.54, 1.807) is 0 Å². The Morgan fingerprint density at radius 2 is 1.52 bits per heavy atom. The third-order valence-electron chi connectivity index (χ3n) is 3.99. The Kier molecular flexibility index (Phi) is 3.25. The topological polar surface area (TPSA) is 104 Å². The lowest BCUT2D eigenvalue weighted by Crippen LogP contribution is -2.32. The minimum Gasteiger partial charge on any atom is -0.508 e. The smallest absolute Gasteiger partial charge is 0.248 e. The summed E-state index contributed by atoms with van der Waals surface area (Å²) in [6.07, 6.45) is -1.18. The predicted octanol–water partition coefficient (Wildman–Crippen LogP) is 2.31. The van der Waals surface area contributed by atoms with Crippen LogP contribution in [0.15, 0.2) is 24.3 Å². The van der Waals surface area contributed by atoms with E-state index in [4.69, 9.17) is 4.74 Å². The summed E-state index contributed by atoms with van der Waals surface area (Å²) in [5, 5.41) is 29.4. The van der Waals surface area contributed by atoms with Crippen molar-refractivity contribution in [2.24, 2.45) is 0 Å². The van der Waals surface area contributed by atoms with Crippen molar-refractivity contribution in [3.8, 4) is 23.0 Å². The number of phenols is 3. The van der Waals surface area contributed by atoms with Gasteiger partial charge in [-0.05, 0) is 26.0 Å². The molecule has 1 atom stereocenters. The summed E-state index contributed by atoms with van der Waals surface area (Å²) in [4.78, 5) is 24.7. The minimum atomic E-state index is -1.18. The van der Waals surface area contributed by atoms with Gasteiger partial charge in [-0.3, -0.25) is 9.59 Å². The third kappa shape index (κ3) is 2.11. The molecule has 1 aliphatic heterocycles. The Labute approximate surface area is 131 Å². The van der Waals surface area contributed by atoms with E-state index in [0.717, 1.165) is 0 Å². The number of ether oxygens (including phenoxy) is 1. The van der Waals surface area contributed by atoms with Crippen molar-refractivity contribution in [3.05, 3.63) is 46.5 Å². The van der Waals surface area contributed by atoms with Gasteiger partial charge in [-0.2, -0.15) is 0 Å². The van der Waals surface area contributed by atoms with Crippen molar-refractivity contribution in [2.45, 2.75) is 20.0 Å². The molecule has 0 fully saturated rings. The second-order valence-corrected chi connectivity index (χ2v) is 5.43. The van der Waals surface area contributed by atoms with Crippen molar-refractivity contribution < 1.29 is 29.6 Å². The molecule has 0 amide bonds. The number of phenolic OH excluding ortho intramolecular Hbond substituents is 3. The fraction of sp³-hybridized carbons (Fsp3) is 0.176. The summed E-state index contributed by atoms with van der Waals surface area (Å²) in [5.74, 6) is -2.31. The van der Waals surface area contributed by atoms with Crippen LogP contribution in [0.4, 0.5) is 0 Å². The Morgan fingerprint density at radius 3 is 2.13 bits per heavy atom. The molecule has 2 aromatic rings. The maximum atomic E-state index is 12.4. The Morgan fingerprint density at radius 1 is 0.913 bits per heavy atom. The van der Waals surface area contributed by atoms with E-state index in [1.165, 1.54) is 38.1 Å². The van der Waals surface area contributed by atoms with Gasteiger partial charge >= 0.3 is 0 Å². The normalized spacial score (nSPS) is 16.9. The minimum absolute atomic E-state index is 0.00623. The molecule has 1 aliphatic rings. The first-order valence-electron chi connectivity index (χ1n) is 6.92. The highest BCUT2D eigenvalue weighted by Crippen LogP contribution is 2.46. The van der Waals surface area contributed by atoms with Gasteiger partial charge in [0.05, 0.1) is 0 Å². The van der Waals surface area contributed by atoms with Crippen molar-refractivity contribution >= 4 is 11.6 Å². The van der Waals surface area contributed by atoms with Gasteiger partial charge in [-0.25, -0.2) is 0 Å². The largest absolute Gasteiger partial charge is 0.508 e. The van der Waals surface area contributed by atoms with Crippen molar-refractivity contribution in [3.63, 3.8) is 0 Å². The van der Waals surface area contributed by atoms with Crippen LogP contribution in [0.3, 0.4) is 0 Å². The summed E-state index contributed by atoms with van der Waals surface area (Å²) in [5.41, 5.74) is 0.567. The van der Waals surface area contributed by atoms with Crippen LogP contribution in [0, 0.1) is 13.8 Å². The van der Waals surface area contributed by atoms with E-state index in [-0.39, 0.29) is 33.9 Å². The van der Waals surface area contributed by atoms with Crippen molar-refractivity contribution in [1.82, 2.24) is 0 Å². The molecule has 0 radical (unpaired) electrons. The third-order valence-corrected chi connectivity index (χ3v) is 3.99. The number of carbonyl (C=O) groups excluding carboxylic acids is 2. The Bertz CT molecular complexity index is 835. The standard InChI is InChI=1S/C17H14O6/c1-7-12(19)8(2)16-11(13(7)20)14(21)15(22)17(23-16)9-3-5-10(18)6-4-9/h3-6,17-20H,1-2H3. The van der Waals surface area contributed by atoms with E-state index in [9.17, 15) is 24.9 Å². The molecule has 1 heterocycles. The SMILES string of the molecule is Cc1c(O)c(C)c2c(c1O)C(=O)C(=O)C(c1ccc(O)cc1)O2. The van der Waals surface area contributed by atoms with Gasteiger partial charge in [0.25, 0.3) is 0 Å². The first kappa shape index (κ1) is 14.9. The molecule has 3 rings (SSSR count). The molecule has 23 heavy (non-hydrogen) atoms. The maximum absolute atomic E-state index is 12.4. The summed E-state index contributed by atoms with van der Waals surface area (Å²) < 4.78 is 5.62. The lowest BCUT2D eigenvalue weighted by Gasteiger charge is -2.27. The highest BCUT2D eigenvalue weighted by atomic mass is 16.5. The average molecular weight is 314 g/mol. The fourth-order valence-corrected chi connectivity index (χ4v) is 2.62. The first-order valence-corrected chi connectivity index (χ1v) is 6.92. The molecule has 118 valence electrons. The van der Waals surface area contributed by atoms with Crippen LogP contribution in [0.2, 0.25) is 0 Å². The van der Waals surface area contributed by atoms with Crippen molar-refractivity contribution in [2.75, 3.05) is 0 Å². The number of benzene rings is 2. The molecular formula is C17H14O6. The second kappa shape index (κ2) is 5.01.